The predicted octanol–water partition coefficient (Wildman–Crippen LogP) is 5.70. The van der Waals surface area contributed by atoms with E-state index in [1.165, 1.54) is 11.7 Å². The molecule has 0 saturated carbocycles. The van der Waals surface area contributed by atoms with Crippen LogP contribution in [-0.2, 0) is 17.9 Å². The van der Waals surface area contributed by atoms with Crippen LogP contribution < -0.4 is 0 Å². The molecule has 0 spiro atoms. The van der Waals surface area contributed by atoms with Crippen LogP contribution in [0.3, 0.4) is 0 Å². The molecule has 1 unspecified atom stereocenters. The minimum Gasteiger partial charge on any atom is -0.367 e. The molecule has 0 aliphatic carbocycles. The van der Waals surface area contributed by atoms with Gasteiger partial charge in [0.1, 0.15) is 18.8 Å². The average Bonchev–Trinajstić information content (AvgIpc) is 3.19. The number of aromatic nitrogens is 3. The van der Waals surface area contributed by atoms with E-state index in [2.05, 4.69) is 34.3 Å². The van der Waals surface area contributed by atoms with Gasteiger partial charge in [-0.15, -0.1) is 0 Å². The van der Waals surface area contributed by atoms with Crippen molar-refractivity contribution in [3.8, 4) is 0 Å². The van der Waals surface area contributed by atoms with Crippen LogP contribution >= 0.6 is 23.2 Å². The SMILES string of the molecule is Clc1ccc(COC(Cn2cncn2)c2cccc3ccccc23)c(Cl)c1. The number of benzene rings is 3. The van der Waals surface area contributed by atoms with E-state index in [0.29, 0.717) is 23.2 Å². The van der Waals surface area contributed by atoms with Crippen molar-refractivity contribution in [3.63, 3.8) is 0 Å². The molecular weight excluding hydrogens is 381 g/mol. The van der Waals surface area contributed by atoms with Gasteiger partial charge in [-0.2, -0.15) is 5.10 Å². The van der Waals surface area contributed by atoms with Gasteiger partial charge in [0.05, 0.1) is 13.2 Å². The monoisotopic (exact) mass is 397 g/mol. The van der Waals surface area contributed by atoms with Crippen molar-refractivity contribution in [3.05, 3.63) is 94.5 Å². The van der Waals surface area contributed by atoms with Crippen molar-refractivity contribution in [2.24, 2.45) is 0 Å². The second-order valence-electron chi connectivity index (χ2n) is 6.22. The lowest BCUT2D eigenvalue weighted by Crippen LogP contribution is -2.14. The molecule has 3 aromatic carbocycles. The number of fused-ring (bicyclic) bond motifs is 1. The normalized spacial score (nSPS) is 12.4. The lowest BCUT2D eigenvalue weighted by atomic mass is 10.00. The maximum atomic E-state index is 6.30. The Hall–Kier alpha value is -2.40. The van der Waals surface area contributed by atoms with E-state index in [4.69, 9.17) is 27.9 Å². The first-order valence-electron chi connectivity index (χ1n) is 8.56. The van der Waals surface area contributed by atoms with Gasteiger partial charge in [0.25, 0.3) is 0 Å². The first-order chi connectivity index (χ1) is 13.2. The quantitative estimate of drug-likeness (QED) is 0.419. The Morgan fingerprint density at radius 1 is 1.00 bits per heavy atom. The predicted molar refractivity (Wildman–Crippen MR) is 108 cm³/mol. The molecule has 6 heteroatoms. The number of hydrogen-bond acceptors (Lipinski definition) is 3. The van der Waals surface area contributed by atoms with Gasteiger partial charge < -0.3 is 4.74 Å². The molecule has 1 heterocycles. The topological polar surface area (TPSA) is 39.9 Å². The molecule has 0 radical (unpaired) electrons. The van der Waals surface area contributed by atoms with E-state index < -0.39 is 0 Å². The Bertz CT molecular complexity index is 1050. The van der Waals surface area contributed by atoms with E-state index in [1.807, 2.05) is 30.3 Å². The first kappa shape index (κ1) is 18.0. The summed E-state index contributed by atoms with van der Waals surface area (Å²) in [5.74, 6) is 0. The lowest BCUT2D eigenvalue weighted by Gasteiger charge is -2.20. The van der Waals surface area contributed by atoms with E-state index in [1.54, 1.807) is 17.1 Å². The molecule has 1 atom stereocenters. The summed E-state index contributed by atoms with van der Waals surface area (Å²) in [6, 6.07) is 19.9. The summed E-state index contributed by atoms with van der Waals surface area (Å²) in [5.41, 5.74) is 2.00. The molecule has 1 aromatic heterocycles. The summed E-state index contributed by atoms with van der Waals surface area (Å²) in [6.45, 7) is 0.928. The van der Waals surface area contributed by atoms with E-state index in [-0.39, 0.29) is 6.10 Å². The highest BCUT2D eigenvalue weighted by Gasteiger charge is 2.17. The lowest BCUT2D eigenvalue weighted by molar-refractivity contribution is 0.0266. The van der Waals surface area contributed by atoms with Crippen molar-refractivity contribution in [1.29, 1.82) is 0 Å². The molecule has 0 amide bonds. The van der Waals surface area contributed by atoms with Crippen LogP contribution in [0.4, 0.5) is 0 Å². The number of ether oxygens (including phenoxy) is 1. The van der Waals surface area contributed by atoms with Crippen LogP contribution in [0.2, 0.25) is 10.0 Å². The maximum Gasteiger partial charge on any atom is 0.137 e. The van der Waals surface area contributed by atoms with Crippen molar-refractivity contribution < 1.29 is 4.74 Å². The van der Waals surface area contributed by atoms with Crippen molar-refractivity contribution in [2.75, 3.05) is 0 Å². The molecule has 4 nitrogen and oxygen atoms in total. The Morgan fingerprint density at radius 2 is 1.85 bits per heavy atom. The summed E-state index contributed by atoms with van der Waals surface area (Å²) < 4.78 is 8.07. The van der Waals surface area contributed by atoms with Crippen LogP contribution in [-0.4, -0.2) is 14.8 Å². The summed E-state index contributed by atoms with van der Waals surface area (Å²) in [4.78, 5) is 4.03. The highest BCUT2D eigenvalue weighted by Crippen LogP contribution is 2.30. The van der Waals surface area contributed by atoms with Crippen LogP contribution in [0.25, 0.3) is 10.8 Å². The zero-order chi connectivity index (χ0) is 18.6. The Labute approximate surface area is 167 Å². The molecule has 0 N–H and O–H groups in total. The van der Waals surface area contributed by atoms with Gasteiger partial charge in [0.2, 0.25) is 0 Å². The zero-order valence-corrected chi connectivity index (χ0v) is 15.9. The molecular formula is C21H17Cl2N3O. The number of rotatable bonds is 6. The Kier molecular flexibility index (Phi) is 5.39. The fraction of sp³-hybridized carbons (Fsp3) is 0.143. The zero-order valence-electron chi connectivity index (χ0n) is 14.4. The minimum atomic E-state index is -0.204. The summed E-state index contributed by atoms with van der Waals surface area (Å²) in [5, 5.41) is 7.77. The smallest absolute Gasteiger partial charge is 0.137 e. The van der Waals surface area contributed by atoms with E-state index in [9.17, 15) is 0 Å². The highest BCUT2D eigenvalue weighted by atomic mass is 35.5. The summed E-state index contributed by atoms with van der Waals surface area (Å²) in [7, 11) is 0. The van der Waals surface area contributed by atoms with Gasteiger partial charge in [-0.1, -0.05) is 71.7 Å². The fourth-order valence-electron chi connectivity index (χ4n) is 3.10. The van der Waals surface area contributed by atoms with Crippen LogP contribution in [0.15, 0.2) is 73.3 Å². The van der Waals surface area contributed by atoms with Crippen molar-refractivity contribution in [1.82, 2.24) is 14.8 Å². The molecule has 0 aliphatic rings. The maximum absolute atomic E-state index is 6.30. The summed E-state index contributed by atoms with van der Waals surface area (Å²) in [6.07, 6.45) is 3.01. The number of halogens is 2. The first-order valence-corrected chi connectivity index (χ1v) is 9.32. The van der Waals surface area contributed by atoms with Gasteiger partial charge >= 0.3 is 0 Å². The third-order valence-electron chi connectivity index (χ3n) is 4.44. The van der Waals surface area contributed by atoms with Crippen LogP contribution in [0.5, 0.6) is 0 Å². The van der Waals surface area contributed by atoms with Crippen molar-refractivity contribution in [2.45, 2.75) is 19.3 Å². The van der Waals surface area contributed by atoms with E-state index in [0.717, 1.165) is 16.5 Å². The molecule has 0 bridgehead atoms. The minimum absolute atomic E-state index is 0.204. The standard InChI is InChI=1S/C21H17Cl2N3O/c22-17-9-8-16(20(23)10-17)12-27-21(11-26-14-24-13-25-26)19-7-3-5-15-4-1-2-6-18(15)19/h1-10,13-14,21H,11-12H2. The fourth-order valence-corrected chi connectivity index (χ4v) is 3.56. The molecule has 0 saturated heterocycles. The summed E-state index contributed by atoms with van der Waals surface area (Å²) >= 11 is 12.3. The largest absolute Gasteiger partial charge is 0.367 e. The Balaban J connectivity index is 1.66. The molecule has 4 rings (SSSR count). The second kappa shape index (κ2) is 8.09. The van der Waals surface area contributed by atoms with Gasteiger partial charge in [-0.3, -0.25) is 4.68 Å². The van der Waals surface area contributed by atoms with Gasteiger partial charge in [0, 0.05) is 10.0 Å². The molecule has 136 valence electrons. The molecule has 4 aromatic rings. The average molecular weight is 398 g/mol. The third kappa shape index (κ3) is 4.14. The van der Waals surface area contributed by atoms with Gasteiger partial charge in [-0.25, -0.2) is 4.98 Å². The second-order valence-corrected chi connectivity index (χ2v) is 7.06. The molecule has 0 fully saturated rings. The Morgan fingerprint density at radius 3 is 2.67 bits per heavy atom. The molecule has 0 aliphatic heterocycles. The molecule has 27 heavy (non-hydrogen) atoms. The number of hydrogen-bond donors (Lipinski definition) is 0. The van der Waals surface area contributed by atoms with Crippen molar-refractivity contribution >= 4 is 34.0 Å². The van der Waals surface area contributed by atoms with E-state index >= 15 is 0 Å². The number of nitrogens with zero attached hydrogens (tertiary/aromatic N) is 3. The van der Waals surface area contributed by atoms with Gasteiger partial charge in [-0.05, 0) is 34.0 Å². The van der Waals surface area contributed by atoms with Crippen LogP contribution in [0.1, 0.15) is 17.2 Å². The van der Waals surface area contributed by atoms with Crippen LogP contribution in [0, 0.1) is 0 Å². The van der Waals surface area contributed by atoms with Gasteiger partial charge in [0.15, 0.2) is 0 Å². The highest BCUT2D eigenvalue weighted by molar-refractivity contribution is 6.35. The third-order valence-corrected chi connectivity index (χ3v) is 5.03.